The SMILES string of the molecule is CCn1c(=O)c(C)nc2cc(C(=O)N(Cc3ccccc3)C3CC3)ccc21. The second-order valence-electron chi connectivity index (χ2n) is 7.10. The van der Waals surface area contributed by atoms with E-state index in [0.717, 1.165) is 23.9 Å². The Morgan fingerprint density at radius 2 is 1.93 bits per heavy atom. The van der Waals surface area contributed by atoms with Gasteiger partial charge in [0.05, 0.1) is 11.0 Å². The first kappa shape index (κ1) is 17.5. The second-order valence-corrected chi connectivity index (χ2v) is 7.10. The van der Waals surface area contributed by atoms with Crippen LogP contribution in [0.4, 0.5) is 0 Å². The van der Waals surface area contributed by atoms with E-state index in [1.807, 2.05) is 60.4 Å². The summed E-state index contributed by atoms with van der Waals surface area (Å²) in [7, 11) is 0. The molecule has 1 fully saturated rings. The Balaban J connectivity index is 1.71. The van der Waals surface area contributed by atoms with Gasteiger partial charge in [0.15, 0.2) is 0 Å². The molecule has 0 saturated heterocycles. The van der Waals surface area contributed by atoms with Gasteiger partial charge < -0.3 is 9.47 Å². The number of fused-ring (bicyclic) bond motifs is 1. The summed E-state index contributed by atoms with van der Waals surface area (Å²) >= 11 is 0. The van der Waals surface area contributed by atoms with Crippen molar-refractivity contribution in [3.05, 3.63) is 75.7 Å². The molecule has 0 bridgehead atoms. The van der Waals surface area contributed by atoms with Crippen molar-refractivity contribution in [3.63, 3.8) is 0 Å². The van der Waals surface area contributed by atoms with E-state index < -0.39 is 0 Å². The van der Waals surface area contributed by atoms with E-state index >= 15 is 0 Å². The third-order valence-electron chi connectivity index (χ3n) is 5.12. The summed E-state index contributed by atoms with van der Waals surface area (Å²) in [6.45, 7) is 4.85. The molecule has 27 heavy (non-hydrogen) atoms. The van der Waals surface area contributed by atoms with Crippen molar-refractivity contribution in [3.8, 4) is 0 Å². The van der Waals surface area contributed by atoms with Gasteiger partial charge in [-0.15, -0.1) is 0 Å². The van der Waals surface area contributed by atoms with Gasteiger partial charge in [-0.1, -0.05) is 30.3 Å². The fraction of sp³-hybridized carbons (Fsp3) is 0.318. The van der Waals surface area contributed by atoms with Gasteiger partial charge in [-0.2, -0.15) is 0 Å². The molecule has 4 rings (SSSR count). The normalized spacial score (nSPS) is 13.7. The number of carbonyl (C=O) groups excluding carboxylic acids is 1. The Bertz CT molecular complexity index is 1050. The Morgan fingerprint density at radius 1 is 1.19 bits per heavy atom. The number of aryl methyl sites for hydroxylation is 2. The quantitative estimate of drug-likeness (QED) is 0.699. The molecular formula is C22H23N3O2. The van der Waals surface area contributed by atoms with E-state index in [-0.39, 0.29) is 11.5 Å². The van der Waals surface area contributed by atoms with E-state index in [4.69, 9.17) is 0 Å². The van der Waals surface area contributed by atoms with Crippen molar-refractivity contribution in [2.45, 2.75) is 45.8 Å². The fourth-order valence-electron chi connectivity index (χ4n) is 3.52. The molecule has 1 aliphatic rings. The van der Waals surface area contributed by atoms with Crippen LogP contribution < -0.4 is 5.56 Å². The van der Waals surface area contributed by atoms with Crippen LogP contribution in [0.5, 0.6) is 0 Å². The van der Waals surface area contributed by atoms with Crippen LogP contribution in [0, 0.1) is 6.92 Å². The number of hydrogen-bond donors (Lipinski definition) is 0. The molecule has 0 aliphatic heterocycles. The molecule has 5 heteroatoms. The number of hydrogen-bond acceptors (Lipinski definition) is 3. The molecule has 1 aliphatic carbocycles. The molecule has 0 N–H and O–H groups in total. The van der Waals surface area contributed by atoms with Gasteiger partial charge >= 0.3 is 0 Å². The minimum Gasteiger partial charge on any atom is -0.331 e. The average Bonchev–Trinajstić information content (AvgIpc) is 3.52. The van der Waals surface area contributed by atoms with E-state index in [9.17, 15) is 9.59 Å². The summed E-state index contributed by atoms with van der Waals surface area (Å²) in [5, 5.41) is 0. The lowest BCUT2D eigenvalue weighted by atomic mass is 10.1. The molecular weight excluding hydrogens is 338 g/mol. The fourth-order valence-corrected chi connectivity index (χ4v) is 3.52. The van der Waals surface area contributed by atoms with Crippen LogP contribution in [0.3, 0.4) is 0 Å². The van der Waals surface area contributed by atoms with Gasteiger partial charge in [0.25, 0.3) is 11.5 Å². The maximum Gasteiger partial charge on any atom is 0.272 e. The molecule has 0 atom stereocenters. The van der Waals surface area contributed by atoms with Crippen molar-refractivity contribution >= 4 is 16.9 Å². The summed E-state index contributed by atoms with van der Waals surface area (Å²) < 4.78 is 1.70. The highest BCUT2D eigenvalue weighted by atomic mass is 16.2. The Hall–Kier alpha value is -2.95. The largest absolute Gasteiger partial charge is 0.331 e. The number of rotatable bonds is 5. The average molecular weight is 361 g/mol. The first-order valence-corrected chi connectivity index (χ1v) is 9.44. The van der Waals surface area contributed by atoms with E-state index in [1.165, 1.54) is 0 Å². The Labute approximate surface area is 158 Å². The van der Waals surface area contributed by atoms with Crippen LogP contribution in [-0.2, 0) is 13.1 Å². The van der Waals surface area contributed by atoms with Gasteiger partial charge in [0, 0.05) is 24.7 Å². The Morgan fingerprint density at radius 3 is 2.59 bits per heavy atom. The van der Waals surface area contributed by atoms with Crippen molar-refractivity contribution in [1.82, 2.24) is 14.5 Å². The highest BCUT2D eigenvalue weighted by Gasteiger charge is 2.33. The number of carbonyl (C=O) groups is 1. The summed E-state index contributed by atoms with van der Waals surface area (Å²) in [5.74, 6) is 0.0250. The molecule has 1 heterocycles. The van der Waals surface area contributed by atoms with Crippen LogP contribution in [-0.4, -0.2) is 26.4 Å². The minimum absolute atomic E-state index is 0.0250. The predicted octanol–water partition coefficient (Wildman–Crippen LogP) is 3.53. The standard InChI is InChI=1S/C22H23N3O2/c1-3-24-20-12-9-17(13-19(20)23-15(2)21(24)26)22(27)25(18-10-11-18)14-16-7-5-4-6-8-16/h4-9,12-13,18H,3,10-11,14H2,1-2H3. The summed E-state index contributed by atoms with van der Waals surface area (Å²) in [5.41, 5.74) is 3.59. The van der Waals surface area contributed by atoms with Crippen molar-refractivity contribution in [1.29, 1.82) is 0 Å². The second kappa shape index (κ2) is 6.99. The summed E-state index contributed by atoms with van der Waals surface area (Å²) in [4.78, 5) is 31.9. The van der Waals surface area contributed by atoms with Crippen LogP contribution in [0.2, 0.25) is 0 Å². The third-order valence-corrected chi connectivity index (χ3v) is 5.12. The highest BCUT2D eigenvalue weighted by molar-refractivity contribution is 5.97. The maximum atomic E-state index is 13.2. The molecule has 5 nitrogen and oxygen atoms in total. The summed E-state index contributed by atoms with van der Waals surface area (Å²) in [6, 6.07) is 15.9. The van der Waals surface area contributed by atoms with E-state index in [0.29, 0.717) is 35.9 Å². The molecule has 138 valence electrons. The minimum atomic E-state index is -0.0761. The number of benzene rings is 2. The number of aromatic nitrogens is 2. The monoisotopic (exact) mass is 361 g/mol. The zero-order chi connectivity index (χ0) is 19.0. The first-order chi connectivity index (χ1) is 13.1. The molecule has 0 unspecified atom stereocenters. The van der Waals surface area contributed by atoms with Gasteiger partial charge in [-0.25, -0.2) is 4.98 Å². The molecule has 1 amide bonds. The topological polar surface area (TPSA) is 55.2 Å². The molecule has 1 saturated carbocycles. The third kappa shape index (κ3) is 3.37. The van der Waals surface area contributed by atoms with E-state index in [2.05, 4.69) is 4.98 Å². The molecule has 1 aromatic heterocycles. The Kier molecular flexibility index (Phi) is 4.52. The lowest BCUT2D eigenvalue weighted by Gasteiger charge is -2.23. The van der Waals surface area contributed by atoms with Crippen LogP contribution in [0.1, 0.15) is 41.4 Å². The highest BCUT2D eigenvalue weighted by Crippen LogP contribution is 2.30. The molecule has 2 aromatic carbocycles. The maximum absolute atomic E-state index is 13.2. The number of nitrogens with zero attached hydrogens (tertiary/aromatic N) is 3. The molecule has 3 aromatic rings. The predicted molar refractivity (Wildman–Crippen MR) is 106 cm³/mol. The lowest BCUT2D eigenvalue weighted by Crippen LogP contribution is -2.32. The first-order valence-electron chi connectivity index (χ1n) is 9.44. The van der Waals surface area contributed by atoms with Crippen molar-refractivity contribution in [2.24, 2.45) is 0 Å². The van der Waals surface area contributed by atoms with Gasteiger partial charge in [-0.05, 0) is 50.5 Å². The van der Waals surface area contributed by atoms with E-state index in [1.54, 1.807) is 11.5 Å². The van der Waals surface area contributed by atoms with Crippen LogP contribution in [0.25, 0.3) is 11.0 Å². The summed E-state index contributed by atoms with van der Waals surface area (Å²) in [6.07, 6.45) is 2.11. The van der Waals surface area contributed by atoms with Gasteiger partial charge in [0.2, 0.25) is 0 Å². The zero-order valence-corrected chi connectivity index (χ0v) is 15.7. The molecule has 0 radical (unpaired) electrons. The van der Waals surface area contributed by atoms with Crippen molar-refractivity contribution in [2.75, 3.05) is 0 Å². The van der Waals surface area contributed by atoms with Crippen molar-refractivity contribution < 1.29 is 4.79 Å². The molecule has 0 spiro atoms. The van der Waals surface area contributed by atoms with Gasteiger partial charge in [0.1, 0.15) is 5.69 Å². The van der Waals surface area contributed by atoms with Crippen LogP contribution >= 0.6 is 0 Å². The lowest BCUT2D eigenvalue weighted by molar-refractivity contribution is 0.0730. The number of amides is 1. The zero-order valence-electron chi connectivity index (χ0n) is 15.7. The van der Waals surface area contributed by atoms with Crippen LogP contribution in [0.15, 0.2) is 53.3 Å². The van der Waals surface area contributed by atoms with Gasteiger partial charge in [-0.3, -0.25) is 9.59 Å². The smallest absolute Gasteiger partial charge is 0.272 e.